The van der Waals surface area contributed by atoms with E-state index in [1.54, 1.807) is 26.0 Å². The van der Waals surface area contributed by atoms with Crippen LogP contribution in [0.15, 0.2) is 28.7 Å². The first-order valence-electron chi connectivity index (χ1n) is 6.09. The van der Waals surface area contributed by atoms with E-state index in [0.29, 0.717) is 22.6 Å². The minimum absolute atomic E-state index is 0.0179. The molecule has 0 radical (unpaired) electrons. The smallest absolute Gasteiger partial charge is 0.372 e. The second kappa shape index (κ2) is 5.66. The zero-order valence-electron chi connectivity index (χ0n) is 11.5. The molecular formula is C14H13NO6. The molecule has 2 aromatic rings. The van der Waals surface area contributed by atoms with Crippen molar-refractivity contribution in [2.24, 2.45) is 0 Å². The molecule has 0 aliphatic rings. The second-order valence-electron chi connectivity index (χ2n) is 4.52. The third-order valence-corrected chi connectivity index (χ3v) is 2.91. The van der Waals surface area contributed by atoms with Crippen LogP contribution in [0.3, 0.4) is 0 Å². The van der Waals surface area contributed by atoms with Gasteiger partial charge in [-0.1, -0.05) is 0 Å². The topological polar surface area (TPSA) is 103 Å². The number of furan rings is 1. The highest BCUT2D eigenvalue weighted by molar-refractivity contribution is 5.86. The average Bonchev–Trinajstić information content (AvgIpc) is 2.77. The van der Waals surface area contributed by atoms with E-state index in [0.717, 1.165) is 0 Å². The molecule has 1 aromatic carbocycles. The minimum Gasteiger partial charge on any atom is -0.486 e. The third kappa shape index (κ3) is 3.19. The summed E-state index contributed by atoms with van der Waals surface area (Å²) in [6.45, 7) is 3.29. The molecule has 7 nitrogen and oxygen atoms in total. The normalized spacial score (nSPS) is 10.4. The summed E-state index contributed by atoms with van der Waals surface area (Å²) in [5, 5.41) is 19.6. The number of nitro benzene ring substituents is 1. The zero-order chi connectivity index (χ0) is 15.6. The molecule has 2 rings (SSSR count). The molecule has 1 heterocycles. The van der Waals surface area contributed by atoms with Crippen LogP contribution in [0, 0.1) is 24.0 Å². The van der Waals surface area contributed by atoms with Gasteiger partial charge in [0, 0.05) is 17.2 Å². The number of aryl methyl sites for hydroxylation is 2. The van der Waals surface area contributed by atoms with E-state index in [-0.39, 0.29) is 18.1 Å². The lowest BCUT2D eigenvalue weighted by Gasteiger charge is -2.05. The predicted molar refractivity (Wildman–Crippen MR) is 72.6 cm³/mol. The van der Waals surface area contributed by atoms with Crippen molar-refractivity contribution in [1.82, 2.24) is 0 Å². The van der Waals surface area contributed by atoms with Crippen molar-refractivity contribution in [1.29, 1.82) is 0 Å². The molecule has 0 atom stereocenters. The highest BCUT2D eigenvalue weighted by atomic mass is 16.6. The van der Waals surface area contributed by atoms with E-state index in [9.17, 15) is 14.9 Å². The van der Waals surface area contributed by atoms with Gasteiger partial charge in [-0.3, -0.25) is 10.1 Å². The Labute approximate surface area is 119 Å². The lowest BCUT2D eigenvalue weighted by molar-refractivity contribution is -0.385. The van der Waals surface area contributed by atoms with Gasteiger partial charge in [0.2, 0.25) is 5.76 Å². The Hall–Kier alpha value is -2.83. The Morgan fingerprint density at radius 1 is 1.33 bits per heavy atom. The Morgan fingerprint density at radius 3 is 2.57 bits per heavy atom. The number of hydrogen-bond acceptors (Lipinski definition) is 5. The maximum Gasteiger partial charge on any atom is 0.372 e. The van der Waals surface area contributed by atoms with Crippen LogP contribution in [-0.2, 0) is 6.61 Å². The molecular weight excluding hydrogens is 278 g/mol. The standard InChI is InChI=1S/C14H13NO6/c1-8-5-10(3-4-12(8)15(18)19)20-7-11-6-9(2)13(21-11)14(16)17/h3-6H,7H2,1-2H3,(H,16,17). The first-order chi connectivity index (χ1) is 9.88. The molecule has 0 bridgehead atoms. The molecule has 0 fully saturated rings. The van der Waals surface area contributed by atoms with Crippen LogP contribution < -0.4 is 4.74 Å². The molecule has 0 aliphatic carbocycles. The number of ether oxygens (including phenoxy) is 1. The average molecular weight is 291 g/mol. The molecule has 0 saturated carbocycles. The first kappa shape index (κ1) is 14.6. The van der Waals surface area contributed by atoms with Gasteiger partial charge in [0.1, 0.15) is 18.1 Å². The molecule has 0 saturated heterocycles. The Kier molecular flexibility index (Phi) is 3.93. The zero-order valence-corrected chi connectivity index (χ0v) is 11.5. The van der Waals surface area contributed by atoms with Gasteiger partial charge in [0.25, 0.3) is 5.69 Å². The van der Waals surface area contributed by atoms with Crippen LogP contribution in [0.4, 0.5) is 5.69 Å². The van der Waals surface area contributed by atoms with Crippen molar-refractivity contribution in [2.75, 3.05) is 0 Å². The summed E-state index contributed by atoms with van der Waals surface area (Å²) in [7, 11) is 0. The quantitative estimate of drug-likeness (QED) is 0.670. The third-order valence-electron chi connectivity index (χ3n) is 2.91. The SMILES string of the molecule is Cc1cc(OCc2cc(C)c(C(=O)O)o2)ccc1[N+](=O)[O-]. The van der Waals surface area contributed by atoms with Gasteiger partial charge in [-0.25, -0.2) is 4.79 Å². The van der Waals surface area contributed by atoms with E-state index in [2.05, 4.69) is 0 Å². The lowest BCUT2D eigenvalue weighted by atomic mass is 10.2. The molecule has 0 aliphatic heterocycles. The predicted octanol–water partition coefficient (Wildman–Crippen LogP) is 3.08. The number of carboxylic acid groups (broad SMARTS) is 1. The van der Waals surface area contributed by atoms with Crippen molar-refractivity contribution in [3.8, 4) is 5.75 Å². The fourth-order valence-electron chi connectivity index (χ4n) is 1.91. The summed E-state index contributed by atoms with van der Waals surface area (Å²) in [6, 6.07) is 5.98. The van der Waals surface area contributed by atoms with E-state index in [1.165, 1.54) is 12.1 Å². The van der Waals surface area contributed by atoms with Crippen LogP contribution >= 0.6 is 0 Å². The molecule has 7 heteroatoms. The molecule has 1 N–H and O–H groups in total. The van der Waals surface area contributed by atoms with Crippen molar-refractivity contribution in [2.45, 2.75) is 20.5 Å². The maximum absolute atomic E-state index is 10.9. The van der Waals surface area contributed by atoms with Crippen LogP contribution in [0.1, 0.15) is 27.4 Å². The van der Waals surface area contributed by atoms with Crippen molar-refractivity contribution >= 4 is 11.7 Å². The maximum atomic E-state index is 10.9. The summed E-state index contributed by atoms with van der Waals surface area (Å²) in [6.07, 6.45) is 0. The number of carboxylic acids is 1. The summed E-state index contributed by atoms with van der Waals surface area (Å²) >= 11 is 0. The molecule has 21 heavy (non-hydrogen) atoms. The highest BCUT2D eigenvalue weighted by Crippen LogP contribution is 2.24. The summed E-state index contributed by atoms with van der Waals surface area (Å²) in [5.74, 6) is -0.427. The fraction of sp³-hybridized carbons (Fsp3) is 0.214. The van der Waals surface area contributed by atoms with Gasteiger partial charge in [-0.15, -0.1) is 0 Å². The number of nitro groups is 1. The first-order valence-corrected chi connectivity index (χ1v) is 6.09. The summed E-state index contributed by atoms with van der Waals surface area (Å²) < 4.78 is 10.6. The lowest BCUT2D eigenvalue weighted by Crippen LogP contribution is -1.97. The van der Waals surface area contributed by atoms with Crippen LogP contribution in [0.2, 0.25) is 0 Å². The summed E-state index contributed by atoms with van der Waals surface area (Å²) in [5.41, 5.74) is 1.02. The van der Waals surface area contributed by atoms with Crippen molar-refractivity contribution < 1.29 is 24.0 Å². The van der Waals surface area contributed by atoms with Crippen molar-refractivity contribution in [3.63, 3.8) is 0 Å². The molecule has 0 amide bonds. The molecule has 110 valence electrons. The van der Waals surface area contributed by atoms with Crippen molar-refractivity contribution in [3.05, 3.63) is 57.0 Å². The largest absolute Gasteiger partial charge is 0.486 e. The number of hydrogen-bond donors (Lipinski definition) is 1. The van der Waals surface area contributed by atoms with Crippen LogP contribution in [-0.4, -0.2) is 16.0 Å². The van der Waals surface area contributed by atoms with Gasteiger partial charge in [0.05, 0.1) is 4.92 Å². The molecule has 1 aromatic heterocycles. The van der Waals surface area contributed by atoms with Gasteiger partial charge in [0.15, 0.2) is 0 Å². The fourth-order valence-corrected chi connectivity index (χ4v) is 1.91. The van der Waals surface area contributed by atoms with Gasteiger partial charge in [-0.2, -0.15) is 0 Å². The van der Waals surface area contributed by atoms with Gasteiger partial charge >= 0.3 is 5.97 Å². The van der Waals surface area contributed by atoms with Gasteiger partial charge in [-0.05, 0) is 32.0 Å². The number of nitrogens with zero attached hydrogens (tertiary/aromatic N) is 1. The Bertz CT molecular complexity index is 703. The Morgan fingerprint density at radius 2 is 2.05 bits per heavy atom. The second-order valence-corrected chi connectivity index (χ2v) is 4.52. The summed E-state index contributed by atoms with van der Waals surface area (Å²) in [4.78, 5) is 21.1. The van der Waals surface area contributed by atoms with Crippen LogP contribution in [0.25, 0.3) is 0 Å². The number of rotatable bonds is 5. The number of benzene rings is 1. The van der Waals surface area contributed by atoms with E-state index in [1.807, 2.05) is 0 Å². The van der Waals surface area contributed by atoms with Gasteiger partial charge < -0.3 is 14.3 Å². The monoisotopic (exact) mass is 291 g/mol. The van der Waals surface area contributed by atoms with E-state index in [4.69, 9.17) is 14.3 Å². The molecule has 0 spiro atoms. The van der Waals surface area contributed by atoms with E-state index < -0.39 is 10.9 Å². The highest BCUT2D eigenvalue weighted by Gasteiger charge is 2.15. The molecule has 0 unspecified atom stereocenters. The number of carbonyl (C=O) groups is 1. The van der Waals surface area contributed by atoms with E-state index >= 15 is 0 Å². The number of aromatic carboxylic acids is 1. The Balaban J connectivity index is 2.10. The van der Waals surface area contributed by atoms with Crippen LogP contribution in [0.5, 0.6) is 5.75 Å². The minimum atomic E-state index is -1.13.